The summed E-state index contributed by atoms with van der Waals surface area (Å²) < 4.78 is 2.81. The van der Waals surface area contributed by atoms with Gasteiger partial charge in [-0.1, -0.05) is 41.9 Å². The third-order valence-electron chi connectivity index (χ3n) is 3.31. The smallest absolute Gasteiger partial charge is 0.245 e. The van der Waals surface area contributed by atoms with Crippen LogP contribution in [-0.2, 0) is 0 Å². The highest BCUT2D eigenvalue weighted by atomic mass is 35.5. The number of hydrogen-bond donors (Lipinski definition) is 0. The second kappa shape index (κ2) is 4.43. The lowest BCUT2D eigenvalue weighted by Gasteiger charge is -2.00. The molecular formula is C15H9ClN4O. The molecule has 0 saturated heterocycles. The standard InChI is InChI=1S/C15H9ClN4O/c16-13-14-18-20(10-6-2-1-3-7-10)15(21)19(14)12-9-5-4-8-11(12)17-13/h1-9H. The zero-order chi connectivity index (χ0) is 14.4. The Morgan fingerprint density at radius 2 is 1.67 bits per heavy atom. The average molecular weight is 297 g/mol. The van der Waals surface area contributed by atoms with Crippen molar-refractivity contribution in [1.29, 1.82) is 0 Å². The predicted molar refractivity (Wildman–Crippen MR) is 81.1 cm³/mol. The second-order valence-corrected chi connectivity index (χ2v) is 4.94. The molecule has 0 saturated carbocycles. The van der Waals surface area contributed by atoms with Crippen LogP contribution in [0.3, 0.4) is 0 Å². The molecule has 4 rings (SSSR count). The number of aromatic nitrogens is 4. The summed E-state index contributed by atoms with van der Waals surface area (Å²) in [6.45, 7) is 0. The van der Waals surface area contributed by atoms with E-state index in [4.69, 9.17) is 11.6 Å². The lowest BCUT2D eigenvalue weighted by atomic mass is 10.3. The first kappa shape index (κ1) is 12.1. The Labute approximate surface area is 124 Å². The fraction of sp³-hybridized carbons (Fsp3) is 0. The van der Waals surface area contributed by atoms with Gasteiger partial charge < -0.3 is 0 Å². The van der Waals surface area contributed by atoms with Crippen molar-refractivity contribution < 1.29 is 0 Å². The Kier molecular flexibility index (Phi) is 2.55. The summed E-state index contributed by atoms with van der Waals surface area (Å²) in [6.07, 6.45) is 0. The summed E-state index contributed by atoms with van der Waals surface area (Å²) in [5.41, 5.74) is 2.11. The van der Waals surface area contributed by atoms with Crippen LogP contribution in [0.15, 0.2) is 59.4 Å². The van der Waals surface area contributed by atoms with Gasteiger partial charge in [-0.2, -0.15) is 4.68 Å². The molecule has 0 aliphatic heterocycles. The average Bonchev–Trinajstić information content (AvgIpc) is 2.87. The van der Waals surface area contributed by atoms with Crippen molar-refractivity contribution in [3.8, 4) is 5.69 Å². The fourth-order valence-corrected chi connectivity index (χ4v) is 2.57. The van der Waals surface area contributed by atoms with Crippen LogP contribution in [0, 0.1) is 0 Å². The van der Waals surface area contributed by atoms with Crippen molar-refractivity contribution >= 4 is 28.3 Å². The first-order valence-electron chi connectivity index (χ1n) is 6.37. The van der Waals surface area contributed by atoms with Crippen molar-refractivity contribution in [3.05, 3.63) is 70.2 Å². The van der Waals surface area contributed by atoms with Crippen LogP contribution in [-0.4, -0.2) is 19.2 Å². The third kappa shape index (κ3) is 1.75. The Balaban J connectivity index is 2.19. The molecule has 0 N–H and O–H groups in total. The summed E-state index contributed by atoms with van der Waals surface area (Å²) in [6, 6.07) is 16.6. The van der Waals surface area contributed by atoms with Crippen LogP contribution in [0.2, 0.25) is 5.15 Å². The third-order valence-corrected chi connectivity index (χ3v) is 3.56. The quantitative estimate of drug-likeness (QED) is 0.543. The van der Waals surface area contributed by atoms with E-state index in [1.807, 2.05) is 54.6 Å². The normalized spacial score (nSPS) is 11.3. The number of benzene rings is 2. The van der Waals surface area contributed by atoms with E-state index in [1.54, 1.807) is 0 Å². The van der Waals surface area contributed by atoms with E-state index < -0.39 is 0 Å². The number of hydrogen-bond acceptors (Lipinski definition) is 3. The van der Waals surface area contributed by atoms with Gasteiger partial charge in [-0.15, -0.1) is 5.10 Å². The zero-order valence-electron chi connectivity index (χ0n) is 10.8. The van der Waals surface area contributed by atoms with Gasteiger partial charge in [0.1, 0.15) is 0 Å². The topological polar surface area (TPSA) is 52.2 Å². The molecule has 5 nitrogen and oxygen atoms in total. The molecule has 2 heterocycles. The first-order valence-corrected chi connectivity index (χ1v) is 6.75. The molecule has 0 spiro atoms. The van der Waals surface area contributed by atoms with Gasteiger partial charge in [0.25, 0.3) is 0 Å². The Morgan fingerprint density at radius 3 is 2.48 bits per heavy atom. The van der Waals surface area contributed by atoms with E-state index in [0.717, 1.165) is 0 Å². The fourth-order valence-electron chi connectivity index (χ4n) is 2.36. The molecular weight excluding hydrogens is 288 g/mol. The Morgan fingerprint density at radius 1 is 0.952 bits per heavy atom. The van der Waals surface area contributed by atoms with Gasteiger partial charge >= 0.3 is 5.69 Å². The minimum Gasteiger partial charge on any atom is -0.245 e. The number of nitrogens with zero attached hydrogens (tertiary/aromatic N) is 4. The van der Waals surface area contributed by atoms with Crippen molar-refractivity contribution in [2.75, 3.05) is 0 Å². The molecule has 0 amide bonds. The number of halogens is 1. The zero-order valence-corrected chi connectivity index (χ0v) is 11.5. The molecule has 4 aromatic rings. The molecule has 6 heteroatoms. The largest absolute Gasteiger partial charge is 0.355 e. The minimum atomic E-state index is -0.267. The Hall–Kier alpha value is -2.66. The van der Waals surface area contributed by atoms with Crippen LogP contribution in [0.4, 0.5) is 0 Å². The van der Waals surface area contributed by atoms with E-state index in [0.29, 0.717) is 22.4 Å². The number of fused-ring (bicyclic) bond motifs is 3. The molecule has 102 valence electrons. The molecule has 2 aromatic heterocycles. The lowest BCUT2D eigenvalue weighted by molar-refractivity contribution is 0.842. The maximum atomic E-state index is 12.7. The van der Waals surface area contributed by atoms with Crippen LogP contribution >= 0.6 is 11.6 Å². The highest BCUT2D eigenvalue weighted by Crippen LogP contribution is 2.19. The summed E-state index contributed by atoms with van der Waals surface area (Å²) in [4.78, 5) is 17.0. The molecule has 0 radical (unpaired) electrons. The van der Waals surface area contributed by atoms with Crippen molar-refractivity contribution in [1.82, 2.24) is 19.2 Å². The molecule has 0 aliphatic carbocycles. The minimum absolute atomic E-state index is 0.209. The van der Waals surface area contributed by atoms with E-state index in [-0.39, 0.29) is 10.8 Å². The van der Waals surface area contributed by atoms with E-state index in [1.165, 1.54) is 9.08 Å². The molecule has 0 atom stereocenters. The predicted octanol–water partition coefficient (Wildman–Crippen LogP) is 2.69. The van der Waals surface area contributed by atoms with Crippen molar-refractivity contribution in [2.45, 2.75) is 0 Å². The van der Waals surface area contributed by atoms with Crippen molar-refractivity contribution in [3.63, 3.8) is 0 Å². The number of para-hydroxylation sites is 3. The molecule has 0 bridgehead atoms. The van der Waals surface area contributed by atoms with Crippen LogP contribution in [0.5, 0.6) is 0 Å². The maximum Gasteiger partial charge on any atom is 0.355 e. The molecule has 0 unspecified atom stereocenters. The summed E-state index contributed by atoms with van der Waals surface area (Å²) in [5, 5.41) is 4.51. The van der Waals surface area contributed by atoms with Crippen molar-refractivity contribution in [2.24, 2.45) is 0 Å². The highest BCUT2D eigenvalue weighted by Gasteiger charge is 2.15. The van der Waals surface area contributed by atoms with Gasteiger partial charge in [-0.25, -0.2) is 14.2 Å². The SMILES string of the molecule is O=c1n(-c2ccccc2)nc2c(Cl)nc3ccccc3n12. The molecule has 2 aromatic carbocycles. The van der Waals surface area contributed by atoms with Crippen LogP contribution < -0.4 is 5.69 Å². The van der Waals surface area contributed by atoms with Crippen LogP contribution in [0.25, 0.3) is 22.4 Å². The van der Waals surface area contributed by atoms with Gasteiger partial charge in [0.2, 0.25) is 0 Å². The van der Waals surface area contributed by atoms with Gasteiger partial charge in [-0.3, -0.25) is 0 Å². The van der Waals surface area contributed by atoms with Gasteiger partial charge in [0.05, 0.1) is 16.7 Å². The maximum absolute atomic E-state index is 12.7. The molecule has 0 fully saturated rings. The Bertz CT molecular complexity index is 1020. The van der Waals surface area contributed by atoms with E-state index in [9.17, 15) is 4.79 Å². The molecule has 21 heavy (non-hydrogen) atoms. The van der Waals surface area contributed by atoms with Crippen LogP contribution in [0.1, 0.15) is 0 Å². The highest BCUT2D eigenvalue weighted by molar-refractivity contribution is 6.32. The van der Waals surface area contributed by atoms with E-state index >= 15 is 0 Å². The van der Waals surface area contributed by atoms with Gasteiger partial charge in [0, 0.05) is 0 Å². The first-order chi connectivity index (χ1) is 10.3. The summed E-state index contributed by atoms with van der Waals surface area (Å²) in [7, 11) is 0. The lowest BCUT2D eigenvalue weighted by Crippen LogP contribution is -2.19. The van der Waals surface area contributed by atoms with E-state index in [2.05, 4.69) is 10.1 Å². The summed E-state index contributed by atoms with van der Waals surface area (Å²) in [5.74, 6) is 0. The van der Waals surface area contributed by atoms with Gasteiger partial charge in [0.15, 0.2) is 10.8 Å². The summed E-state index contributed by atoms with van der Waals surface area (Å²) >= 11 is 6.16. The monoisotopic (exact) mass is 296 g/mol. The van der Waals surface area contributed by atoms with Gasteiger partial charge in [-0.05, 0) is 24.3 Å². The molecule has 0 aliphatic rings. The second-order valence-electron chi connectivity index (χ2n) is 4.58. The number of rotatable bonds is 1.